The van der Waals surface area contributed by atoms with Gasteiger partial charge in [0.05, 0.1) is 11.1 Å². The predicted molar refractivity (Wildman–Crippen MR) is 70.8 cm³/mol. The fourth-order valence-corrected chi connectivity index (χ4v) is 4.22. The Hall–Kier alpha value is -1.36. The first-order valence-electron chi connectivity index (χ1n) is 7.39. The van der Waals surface area contributed by atoms with E-state index in [1.807, 2.05) is 0 Å². The molecule has 0 N–H and O–H groups in total. The molecule has 5 rings (SSSR count). The number of nitrogens with zero attached hydrogens (tertiary/aromatic N) is 1. The van der Waals surface area contributed by atoms with Crippen molar-refractivity contribution in [1.82, 2.24) is 4.90 Å². The molecular formula is C16H16F3NO. The van der Waals surface area contributed by atoms with Crippen LogP contribution < -0.4 is 0 Å². The molecule has 3 aliphatic heterocycles. The number of hydrogen-bond donors (Lipinski definition) is 0. The van der Waals surface area contributed by atoms with E-state index in [0.717, 1.165) is 50.0 Å². The smallest absolute Gasteiger partial charge is 0.297 e. The van der Waals surface area contributed by atoms with Crippen molar-refractivity contribution in [1.29, 1.82) is 0 Å². The van der Waals surface area contributed by atoms with Crippen LogP contribution in [0.4, 0.5) is 13.2 Å². The van der Waals surface area contributed by atoms with Gasteiger partial charge in [0.25, 0.3) is 0 Å². The molecule has 5 heteroatoms. The van der Waals surface area contributed by atoms with Crippen molar-refractivity contribution in [2.45, 2.75) is 36.9 Å². The highest BCUT2D eigenvalue weighted by atomic mass is 19.4. The summed E-state index contributed by atoms with van der Waals surface area (Å²) in [6.07, 6.45) is -1.64. The van der Waals surface area contributed by atoms with E-state index in [1.165, 1.54) is 0 Å². The molecule has 2 atom stereocenters. The van der Waals surface area contributed by atoms with Gasteiger partial charge in [-0.3, -0.25) is 9.69 Å². The van der Waals surface area contributed by atoms with Crippen molar-refractivity contribution < 1.29 is 18.0 Å². The summed E-state index contributed by atoms with van der Waals surface area (Å²) in [6, 6.07) is 5.34. The molecule has 1 saturated carbocycles. The Morgan fingerprint density at radius 2 is 1.71 bits per heavy atom. The number of hydrogen-bond acceptors (Lipinski definition) is 2. The van der Waals surface area contributed by atoms with Crippen molar-refractivity contribution in [2.75, 3.05) is 13.1 Å². The number of rotatable bonds is 1. The molecule has 4 aliphatic rings. The molecule has 1 spiro atoms. The summed E-state index contributed by atoms with van der Waals surface area (Å²) in [4.78, 5) is 14.8. The van der Waals surface area contributed by atoms with Crippen molar-refractivity contribution >= 4 is 5.78 Å². The molecule has 1 aromatic carbocycles. The summed E-state index contributed by atoms with van der Waals surface area (Å²) in [5, 5.41) is 0. The number of Topliss-reactive ketones (excluding diaryl/α,β-unsaturated/α-hetero) is 1. The summed E-state index contributed by atoms with van der Waals surface area (Å²) in [6.45, 7) is 1.90. The van der Waals surface area contributed by atoms with E-state index < -0.39 is 11.7 Å². The van der Waals surface area contributed by atoms with Gasteiger partial charge in [-0.2, -0.15) is 13.2 Å². The molecule has 4 fully saturated rings. The van der Waals surface area contributed by atoms with E-state index in [-0.39, 0.29) is 17.4 Å². The van der Waals surface area contributed by atoms with Gasteiger partial charge in [-0.05, 0) is 50.0 Å². The average Bonchev–Trinajstić information content (AvgIpc) is 3.20. The SMILES string of the molecule is O=C1C2CCN(CC2)[C@@]12C[C@@H]2c1ccc(C(F)(F)F)cc1. The van der Waals surface area contributed by atoms with Crippen LogP contribution in [0.15, 0.2) is 24.3 Å². The fourth-order valence-electron chi connectivity index (χ4n) is 4.22. The topological polar surface area (TPSA) is 20.3 Å². The van der Waals surface area contributed by atoms with Crippen LogP contribution in [0.2, 0.25) is 0 Å². The van der Waals surface area contributed by atoms with E-state index in [4.69, 9.17) is 0 Å². The van der Waals surface area contributed by atoms with E-state index in [0.29, 0.717) is 5.78 Å². The van der Waals surface area contributed by atoms with Gasteiger partial charge >= 0.3 is 6.18 Å². The highest BCUT2D eigenvalue weighted by molar-refractivity contribution is 5.96. The van der Waals surface area contributed by atoms with Crippen LogP contribution in [-0.2, 0) is 11.0 Å². The lowest BCUT2D eigenvalue weighted by Gasteiger charge is -2.45. The first-order valence-corrected chi connectivity index (χ1v) is 7.39. The van der Waals surface area contributed by atoms with Gasteiger partial charge in [0, 0.05) is 11.8 Å². The number of ketones is 1. The molecule has 2 bridgehead atoms. The first kappa shape index (κ1) is 13.3. The Balaban J connectivity index is 1.61. The van der Waals surface area contributed by atoms with Crippen LogP contribution in [0.1, 0.15) is 36.3 Å². The molecule has 3 saturated heterocycles. The molecule has 3 heterocycles. The molecule has 2 nitrogen and oxygen atoms in total. The zero-order chi connectivity index (χ0) is 14.8. The normalized spacial score (nSPS) is 38.0. The molecule has 0 amide bonds. The fraction of sp³-hybridized carbons (Fsp3) is 0.562. The summed E-state index contributed by atoms with van der Waals surface area (Å²) in [7, 11) is 0. The summed E-state index contributed by atoms with van der Waals surface area (Å²) >= 11 is 0. The average molecular weight is 295 g/mol. The van der Waals surface area contributed by atoms with Gasteiger partial charge in [-0.1, -0.05) is 12.1 Å². The Kier molecular flexibility index (Phi) is 2.60. The van der Waals surface area contributed by atoms with Gasteiger partial charge in [-0.15, -0.1) is 0 Å². The highest BCUT2D eigenvalue weighted by Crippen LogP contribution is 2.61. The van der Waals surface area contributed by atoms with E-state index >= 15 is 0 Å². The minimum atomic E-state index is -4.30. The van der Waals surface area contributed by atoms with E-state index in [2.05, 4.69) is 4.90 Å². The molecule has 0 aromatic heterocycles. The molecule has 0 unspecified atom stereocenters. The monoisotopic (exact) mass is 295 g/mol. The third-order valence-corrected chi connectivity index (χ3v) is 5.43. The quantitative estimate of drug-likeness (QED) is 0.793. The van der Waals surface area contributed by atoms with E-state index in [1.54, 1.807) is 12.1 Å². The lowest BCUT2D eigenvalue weighted by atomic mass is 9.79. The number of benzene rings is 1. The second-order valence-corrected chi connectivity index (χ2v) is 6.43. The van der Waals surface area contributed by atoms with Crippen LogP contribution in [0.3, 0.4) is 0 Å². The molecule has 1 aromatic rings. The molecule has 112 valence electrons. The molecule has 1 aliphatic carbocycles. The van der Waals surface area contributed by atoms with Crippen LogP contribution in [0.5, 0.6) is 0 Å². The third-order valence-electron chi connectivity index (χ3n) is 5.43. The Bertz CT molecular complexity index is 587. The standard InChI is InChI=1S/C16H16F3NO/c17-16(18,19)12-3-1-10(2-4-12)13-9-15(13)14(21)11-5-7-20(15)8-6-11/h1-4,11,13H,5-9H2/t13-,15-/m1/s1. The number of piperidine rings is 3. The van der Waals surface area contributed by atoms with Crippen molar-refractivity contribution in [3.8, 4) is 0 Å². The lowest BCUT2D eigenvalue weighted by Crippen LogP contribution is -2.58. The second-order valence-electron chi connectivity index (χ2n) is 6.43. The van der Waals surface area contributed by atoms with Gasteiger partial charge < -0.3 is 0 Å². The minimum absolute atomic E-state index is 0.0791. The van der Waals surface area contributed by atoms with Gasteiger partial charge in [0.1, 0.15) is 0 Å². The maximum atomic E-state index is 12.6. The van der Waals surface area contributed by atoms with Gasteiger partial charge in [0.15, 0.2) is 5.78 Å². The molecule has 21 heavy (non-hydrogen) atoms. The number of fused-ring (bicyclic) bond motifs is 2. The first-order chi connectivity index (χ1) is 9.93. The third kappa shape index (κ3) is 1.79. The Labute approximate surface area is 120 Å². The van der Waals surface area contributed by atoms with Crippen LogP contribution in [0.25, 0.3) is 0 Å². The molecular weight excluding hydrogens is 279 g/mol. The molecule has 0 radical (unpaired) electrons. The van der Waals surface area contributed by atoms with Crippen LogP contribution in [0, 0.1) is 5.92 Å². The van der Waals surface area contributed by atoms with Crippen molar-refractivity contribution in [2.24, 2.45) is 5.92 Å². The highest BCUT2D eigenvalue weighted by Gasteiger charge is 2.67. The van der Waals surface area contributed by atoms with Gasteiger partial charge in [-0.25, -0.2) is 0 Å². The Morgan fingerprint density at radius 3 is 2.24 bits per heavy atom. The maximum absolute atomic E-state index is 12.6. The number of alkyl halides is 3. The predicted octanol–water partition coefficient (Wildman–Crippen LogP) is 3.23. The largest absolute Gasteiger partial charge is 0.416 e. The number of carbonyl (C=O) groups excluding carboxylic acids is 1. The van der Waals surface area contributed by atoms with Crippen molar-refractivity contribution in [3.63, 3.8) is 0 Å². The Morgan fingerprint density at radius 1 is 1.10 bits per heavy atom. The minimum Gasteiger partial charge on any atom is -0.297 e. The number of halogens is 3. The zero-order valence-corrected chi connectivity index (χ0v) is 11.5. The maximum Gasteiger partial charge on any atom is 0.416 e. The summed E-state index contributed by atoms with van der Waals surface area (Å²) < 4.78 is 37.8. The van der Waals surface area contributed by atoms with E-state index in [9.17, 15) is 18.0 Å². The lowest BCUT2D eigenvalue weighted by molar-refractivity contribution is -0.140. The second kappa shape index (κ2) is 4.09. The van der Waals surface area contributed by atoms with Gasteiger partial charge in [0.2, 0.25) is 0 Å². The van der Waals surface area contributed by atoms with Crippen LogP contribution in [-0.4, -0.2) is 29.3 Å². The van der Waals surface area contributed by atoms with Crippen molar-refractivity contribution in [3.05, 3.63) is 35.4 Å². The zero-order valence-electron chi connectivity index (χ0n) is 11.5. The number of carbonyl (C=O) groups is 1. The summed E-state index contributed by atoms with van der Waals surface area (Å²) in [5.74, 6) is 0.578. The summed E-state index contributed by atoms with van der Waals surface area (Å²) in [5.41, 5.74) is -0.150. The van der Waals surface area contributed by atoms with Crippen LogP contribution >= 0.6 is 0 Å².